The van der Waals surface area contributed by atoms with E-state index in [9.17, 15) is 4.79 Å². The Morgan fingerprint density at radius 1 is 1.20 bits per heavy atom. The first-order chi connectivity index (χ1) is 11.8. The van der Waals surface area contributed by atoms with Crippen molar-refractivity contribution in [2.75, 3.05) is 33.7 Å². The Balaban J connectivity index is 2.35. The highest BCUT2D eigenvalue weighted by Crippen LogP contribution is 2.18. The summed E-state index contributed by atoms with van der Waals surface area (Å²) in [6.07, 6.45) is 0. The number of nitrogens with one attached hydrogen (secondary N) is 2. The molecule has 2 rings (SSSR count). The predicted octanol–water partition coefficient (Wildman–Crippen LogP) is 2.40. The van der Waals surface area contributed by atoms with Gasteiger partial charge in [-0.1, -0.05) is 11.6 Å². The maximum Gasteiger partial charge on any atom is 0.253 e. The number of hydrogen-bond donors (Lipinski definition) is 2. The molecule has 0 saturated heterocycles. The van der Waals surface area contributed by atoms with Crippen LogP contribution in [-0.4, -0.2) is 53.6 Å². The number of aromatic nitrogens is 1. The van der Waals surface area contributed by atoms with Gasteiger partial charge in [-0.15, -0.1) is 0 Å². The fraction of sp³-hybridized carbons (Fsp3) is 0.474. The molecule has 0 unspecified atom stereocenters. The first kappa shape index (κ1) is 19.4. The van der Waals surface area contributed by atoms with Crippen LogP contribution in [0.1, 0.15) is 23.6 Å². The fourth-order valence-electron chi connectivity index (χ4n) is 2.89. The highest BCUT2D eigenvalue weighted by atomic mass is 32.1. The molecule has 0 radical (unpaired) electrons. The fourth-order valence-corrected chi connectivity index (χ4v) is 3.19. The summed E-state index contributed by atoms with van der Waals surface area (Å²) in [6.45, 7) is 9.01. The van der Waals surface area contributed by atoms with E-state index in [4.69, 9.17) is 12.2 Å². The van der Waals surface area contributed by atoms with Crippen LogP contribution in [0.2, 0.25) is 0 Å². The van der Waals surface area contributed by atoms with E-state index in [-0.39, 0.29) is 5.56 Å². The number of thiocarbonyl (C=S) groups is 1. The Hall–Kier alpha value is -1.92. The van der Waals surface area contributed by atoms with Crippen LogP contribution in [0.4, 0.5) is 0 Å². The van der Waals surface area contributed by atoms with Gasteiger partial charge in [0, 0.05) is 25.2 Å². The van der Waals surface area contributed by atoms with E-state index in [1.165, 1.54) is 5.56 Å². The largest absolute Gasteiger partial charge is 0.363 e. The van der Waals surface area contributed by atoms with E-state index >= 15 is 0 Å². The van der Waals surface area contributed by atoms with Gasteiger partial charge in [-0.3, -0.25) is 4.79 Å². The number of aryl methyl sites for hydroxylation is 2. The van der Waals surface area contributed by atoms with Crippen molar-refractivity contribution in [1.29, 1.82) is 0 Å². The van der Waals surface area contributed by atoms with E-state index < -0.39 is 0 Å². The van der Waals surface area contributed by atoms with Crippen molar-refractivity contribution >= 4 is 28.2 Å². The first-order valence-corrected chi connectivity index (χ1v) is 9.03. The summed E-state index contributed by atoms with van der Waals surface area (Å²) in [5.74, 6) is 0. The molecule has 2 N–H and O–H groups in total. The van der Waals surface area contributed by atoms with Gasteiger partial charge in [0.15, 0.2) is 5.11 Å². The Labute approximate surface area is 155 Å². The average molecular weight is 361 g/mol. The number of rotatable bonds is 6. The topological polar surface area (TPSA) is 51.4 Å². The Bertz CT molecular complexity index is 813. The van der Waals surface area contributed by atoms with Crippen molar-refractivity contribution in [2.24, 2.45) is 0 Å². The van der Waals surface area contributed by atoms with Crippen LogP contribution >= 0.6 is 12.2 Å². The number of nitrogens with zero attached hydrogens (tertiary/aromatic N) is 2. The summed E-state index contributed by atoms with van der Waals surface area (Å²) in [5, 5.41) is 4.94. The lowest BCUT2D eigenvalue weighted by Gasteiger charge is -2.27. The zero-order valence-corrected chi connectivity index (χ0v) is 16.6. The summed E-state index contributed by atoms with van der Waals surface area (Å²) in [7, 11) is 4.06. The van der Waals surface area contributed by atoms with E-state index in [0.717, 1.165) is 41.7 Å². The van der Waals surface area contributed by atoms with Gasteiger partial charge in [-0.25, -0.2) is 0 Å². The molecule has 1 aromatic carbocycles. The maximum absolute atomic E-state index is 12.6. The molecule has 0 bridgehead atoms. The maximum atomic E-state index is 12.6. The quantitative estimate of drug-likeness (QED) is 0.775. The minimum Gasteiger partial charge on any atom is -0.363 e. The molecular formula is C19H28N4OS. The second-order valence-corrected chi connectivity index (χ2v) is 7.12. The van der Waals surface area contributed by atoms with Crippen LogP contribution in [0.5, 0.6) is 0 Å². The lowest BCUT2D eigenvalue weighted by Crippen LogP contribution is -2.43. The molecule has 25 heavy (non-hydrogen) atoms. The molecule has 0 aliphatic heterocycles. The molecule has 0 aliphatic rings. The standard InChI is InChI=1S/C19H28N4OS/c1-6-20-19(25)23(8-7-22(4)5)12-16-11-15-10-13(2)9-14(3)17(15)21-18(16)24/h9-11H,6-8,12H2,1-5H3,(H,20,25)(H,21,24). The van der Waals surface area contributed by atoms with E-state index in [2.05, 4.69) is 39.2 Å². The number of aromatic amines is 1. The molecule has 1 heterocycles. The summed E-state index contributed by atoms with van der Waals surface area (Å²) >= 11 is 5.49. The van der Waals surface area contributed by atoms with Crippen molar-refractivity contribution in [2.45, 2.75) is 27.3 Å². The summed E-state index contributed by atoms with van der Waals surface area (Å²) in [5.41, 5.74) is 3.88. The predicted molar refractivity (Wildman–Crippen MR) is 109 cm³/mol. The normalized spacial score (nSPS) is 11.1. The molecule has 0 fully saturated rings. The van der Waals surface area contributed by atoms with Crippen LogP contribution in [-0.2, 0) is 6.54 Å². The van der Waals surface area contributed by atoms with Crippen molar-refractivity contribution in [1.82, 2.24) is 20.1 Å². The number of likely N-dealkylation sites (N-methyl/N-ethyl adjacent to an activating group) is 1. The number of hydrogen-bond acceptors (Lipinski definition) is 3. The summed E-state index contributed by atoms with van der Waals surface area (Å²) < 4.78 is 0. The van der Waals surface area contributed by atoms with Crippen molar-refractivity contribution in [3.8, 4) is 0 Å². The third-order valence-corrected chi connectivity index (χ3v) is 4.57. The molecule has 0 aliphatic carbocycles. The number of benzene rings is 1. The number of fused-ring (bicyclic) bond motifs is 1. The number of H-pyrrole nitrogens is 1. The lowest BCUT2D eigenvalue weighted by molar-refractivity contribution is 0.322. The molecule has 2 aromatic rings. The smallest absolute Gasteiger partial charge is 0.253 e. The van der Waals surface area contributed by atoms with Crippen molar-refractivity contribution < 1.29 is 0 Å². The minimum absolute atomic E-state index is 0.0476. The molecular weight excluding hydrogens is 332 g/mol. The second-order valence-electron chi connectivity index (χ2n) is 6.73. The van der Waals surface area contributed by atoms with Crippen LogP contribution in [0.3, 0.4) is 0 Å². The van der Waals surface area contributed by atoms with Gasteiger partial charge in [0.25, 0.3) is 5.56 Å². The van der Waals surface area contributed by atoms with E-state index in [1.54, 1.807) is 0 Å². The molecule has 0 saturated carbocycles. The third kappa shape index (κ3) is 5.03. The van der Waals surface area contributed by atoms with Gasteiger partial charge >= 0.3 is 0 Å². The molecule has 1 aromatic heterocycles. The van der Waals surface area contributed by atoms with Crippen molar-refractivity contribution in [3.63, 3.8) is 0 Å². The molecule has 0 amide bonds. The van der Waals surface area contributed by atoms with Crippen molar-refractivity contribution in [3.05, 3.63) is 45.2 Å². The first-order valence-electron chi connectivity index (χ1n) is 8.62. The second kappa shape index (κ2) is 8.45. The zero-order chi connectivity index (χ0) is 18.6. The Morgan fingerprint density at radius 2 is 1.92 bits per heavy atom. The molecule has 0 atom stereocenters. The van der Waals surface area contributed by atoms with Crippen LogP contribution in [0, 0.1) is 13.8 Å². The Morgan fingerprint density at radius 3 is 2.56 bits per heavy atom. The summed E-state index contributed by atoms with van der Waals surface area (Å²) in [4.78, 5) is 19.8. The minimum atomic E-state index is -0.0476. The van der Waals surface area contributed by atoms with Crippen LogP contribution in [0.15, 0.2) is 23.0 Å². The Kier molecular flexibility index (Phi) is 6.56. The van der Waals surface area contributed by atoms with Crippen LogP contribution < -0.4 is 10.9 Å². The molecule has 6 heteroatoms. The molecule has 5 nitrogen and oxygen atoms in total. The highest BCUT2D eigenvalue weighted by molar-refractivity contribution is 7.80. The third-order valence-electron chi connectivity index (χ3n) is 4.16. The van der Waals surface area contributed by atoms with Gasteiger partial charge in [-0.2, -0.15) is 0 Å². The molecule has 0 spiro atoms. The molecule has 136 valence electrons. The number of pyridine rings is 1. The monoisotopic (exact) mass is 360 g/mol. The summed E-state index contributed by atoms with van der Waals surface area (Å²) in [6, 6.07) is 6.18. The lowest BCUT2D eigenvalue weighted by atomic mass is 10.1. The zero-order valence-electron chi connectivity index (χ0n) is 15.8. The van der Waals surface area contributed by atoms with Gasteiger partial charge in [0.05, 0.1) is 12.1 Å². The van der Waals surface area contributed by atoms with Gasteiger partial charge in [0.2, 0.25) is 0 Å². The SMILES string of the molecule is CCNC(=S)N(CCN(C)C)Cc1cc2cc(C)cc(C)c2[nH]c1=O. The van der Waals surface area contributed by atoms with Gasteiger partial charge in [0.1, 0.15) is 0 Å². The van der Waals surface area contributed by atoms with Gasteiger partial charge in [-0.05, 0) is 70.2 Å². The van der Waals surface area contributed by atoms with E-state index in [0.29, 0.717) is 11.7 Å². The van der Waals surface area contributed by atoms with E-state index in [1.807, 2.05) is 34.0 Å². The average Bonchev–Trinajstić information content (AvgIpc) is 2.52. The van der Waals surface area contributed by atoms with Gasteiger partial charge < -0.3 is 20.1 Å². The highest BCUT2D eigenvalue weighted by Gasteiger charge is 2.13. The van der Waals surface area contributed by atoms with Crippen LogP contribution in [0.25, 0.3) is 10.9 Å².